The number of aromatic amines is 1. The molecule has 0 atom stereocenters. The quantitative estimate of drug-likeness (QED) is 0.772. The first kappa shape index (κ1) is 10.2. The van der Waals surface area contributed by atoms with Gasteiger partial charge in [-0.15, -0.1) is 0 Å². The van der Waals surface area contributed by atoms with Gasteiger partial charge < -0.3 is 10.7 Å². The minimum absolute atomic E-state index is 0.700. The molecule has 0 aliphatic heterocycles. The standard InChI is InChI=1S/C13H18N2/c1-8-4-5-11-10(3)12(6-7-14)15-13(11)9(8)2/h4-5,15H,6-7,14H2,1-3H3. The maximum Gasteiger partial charge on any atom is 0.0491 e. The number of nitrogens with two attached hydrogens (primary N) is 1. The number of hydrogen-bond donors (Lipinski definition) is 2. The maximum atomic E-state index is 5.60. The van der Waals surface area contributed by atoms with E-state index in [1.807, 2.05) is 0 Å². The Morgan fingerprint density at radius 2 is 1.87 bits per heavy atom. The van der Waals surface area contributed by atoms with Crippen LogP contribution in [-0.2, 0) is 6.42 Å². The average molecular weight is 202 g/mol. The van der Waals surface area contributed by atoms with Crippen LogP contribution in [-0.4, -0.2) is 11.5 Å². The monoisotopic (exact) mass is 202 g/mol. The van der Waals surface area contributed by atoms with Gasteiger partial charge in [-0.3, -0.25) is 0 Å². The number of hydrogen-bond acceptors (Lipinski definition) is 1. The normalized spacial score (nSPS) is 11.2. The fourth-order valence-corrected chi connectivity index (χ4v) is 2.09. The molecule has 2 aromatic rings. The fraction of sp³-hybridized carbons (Fsp3) is 0.385. The summed E-state index contributed by atoms with van der Waals surface area (Å²) in [7, 11) is 0. The Balaban J connectivity index is 2.70. The van der Waals surface area contributed by atoms with Crippen molar-refractivity contribution in [2.45, 2.75) is 27.2 Å². The van der Waals surface area contributed by atoms with Crippen LogP contribution in [0.15, 0.2) is 12.1 Å². The molecule has 0 saturated heterocycles. The topological polar surface area (TPSA) is 41.8 Å². The first-order valence-corrected chi connectivity index (χ1v) is 5.42. The van der Waals surface area contributed by atoms with Gasteiger partial charge in [-0.2, -0.15) is 0 Å². The van der Waals surface area contributed by atoms with Gasteiger partial charge in [0.05, 0.1) is 0 Å². The second-order valence-electron chi connectivity index (χ2n) is 4.20. The summed E-state index contributed by atoms with van der Waals surface area (Å²) in [6.07, 6.45) is 0.930. The molecule has 2 heteroatoms. The van der Waals surface area contributed by atoms with Crippen LogP contribution in [0.5, 0.6) is 0 Å². The molecule has 0 aliphatic rings. The molecular weight excluding hydrogens is 184 g/mol. The maximum absolute atomic E-state index is 5.60. The molecule has 0 amide bonds. The summed E-state index contributed by atoms with van der Waals surface area (Å²) in [5.41, 5.74) is 12.2. The van der Waals surface area contributed by atoms with Gasteiger partial charge in [0.1, 0.15) is 0 Å². The Labute approximate surface area is 90.5 Å². The highest BCUT2D eigenvalue weighted by Gasteiger charge is 2.09. The molecule has 1 aromatic carbocycles. The molecular formula is C13H18N2. The summed E-state index contributed by atoms with van der Waals surface area (Å²) >= 11 is 0. The van der Waals surface area contributed by atoms with Crippen molar-refractivity contribution in [3.63, 3.8) is 0 Å². The van der Waals surface area contributed by atoms with Gasteiger partial charge in [0, 0.05) is 23.0 Å². The van der Waals surface area contributed by atoms with E-state index in [1.54, 1.807) is 0 Å². The van der Waals surface area contributed by atoms with Crippen LogP contribution in [0, 0.1) is 20.8 Å². The first-order chi connectivity index (χ1) is 7.15. The molecule has 0 saturated carbocycles. The van der Waals surface area contributed by atoms with E-state index in [0.29, 0.717) is 6.54 Å². The van der Waals surface area contributed by atoms with Gasteiger partial charge >= 0.3 is 0 Å². The fourth-order valence-electron chi connectivity index (χ4n) is 2.09. The lowest BCUT2D eigenvalue weighted by atomic mass is 10.0. The molecule has 2 nitrogen and oxygen atoms in total. The van der Waals surface area contributed by atoms with Crippen LogP contribution >= 0.6 is 0 Å². The van der Waals surface area contributed by atoms with Crippen molar-refractivity contribution in [1.29, 1.82) is 0 Å². The Bertz CT molecular complexity index is 495. The molecule has 2 rings (SSSR count). The van der Waals surface area contributed by atoms with E-state index in [4.69, 9.17) is 5.73 Å². The van der Waals surface area contributed by atoms with E-state index >= 15 is 0 Å². The summed E-state index contributed by atoms with van der Waals surface area (Å²) in [6.45, 7) is 7.18. The second kappa shape index (κ2) is 3.70. The van der Waals surface area contributed by atoms with Crippen molar-refractivity contribution in [1.82, 2.24) is 4.98 Å². The predicted octanol–water partition coefficient (Wildman–Crippen LogP) is 2.59. The van der Waals surface area contributed by atoms with E-state index in [0.717, 1.165) is 6.42 Å². The molecule has 1 aromatic heterocycles. The summed E-state index contributed by atoms with van der Waals surface area (Å²) in [5, 5.41) is 1.33. The van der Waals surface area contributed by atoms with Gasteiger partial charge in [0.15, 0.2) is 0 Å². The third kappa shape index (κ3) is 1.55. The number of benzene rings is 1. The molecule has 1 heterocycles. The molecule has 80 valence electrons. The zero-order chi connectivity index (χ0) is 11.0. The Kier molecular flexibility index (Phi) is 2.53. The first-order valence-electron chi connectivity index (χ1n) is 5.42. The number of aryl methyl sites for hydroxylation is 3. The third-order valence-corrected chi connectivity index (χ3v) is 3.26. The highest BCUT2D eigenvalue weighted by atomic mass is 14.7. The molecule has 0 spiro atoms. The molecule has 0 fully saturated rings. The number of aromatic nitrogens is 1. The molecule has 15 heavy (non-hydrogen) atoms. The van der Waals surface area contributed by atoms with Crippen LogP contribution in [0.1, 0.15) is 22.4 Å². The molecule has 0 radical (unpaired) electrons. The minimum atomic E-state index is 0.700. The average Bonchev–Trinajstić information content (AvgIpc) is 2.52. The number of nitrogens with one attached hydrogen (secondary N) is 1. The largest absolute Gasteiger partial charge is 0.358 e. The lowest BCUT2D eigenvalue weighted by Gasteiger charge is -2.00. The summed E-state index contributed by atoms with van der Waals surface area (Å²) in [4.78, 5) is 3.49. The molecule has 0 bridgehead atoms. The van der Waals surface area contributed by atoms with Crippen LogP contribution < -0.4 is 5.73 Å². The lowest BCUT2D eigenvalue weighted by Crippen LogP contribution is -2.03. The van der Waals surface area contributed by atoms with Gasteiger partial charge in [0.2, 0.25) is 0 Å². The number of fused-ring (bicyclic) bond motifs is 1. The van der Waals surface area contributed by atoms with E-state index in [-0.39, 0.29) is 0 Å². The van der Waals surface area contributed by atoms with Gasteiger partial charge in [-0.1, -0.05) is 12.1 Å². The van der Waals surface area contributed by atoms with E-state index in [9.17, 15) is 0 Å². The third-order valence-electron chi connectivity index (χ3n) is 3.26. The van der Waals surface area contributed by atoms with E-state index < -0.39 is 0 Å². The van der Waals surface area contributed by atoms with Crippen LogP contribution in [0.25, 0.3) is 10.9 Å². The highest BCUT2D eigenvalue weighted by Crippen LogP contribution is 2.26. The highest BCUT2D eigenvalue weighted by molar-refractivity contribution is 5.87. The molecule has 0 aliphatic carbocycles. The van der Waals surface area contributed by atoms with Crippen LogP contribution in [0.4, 0.5) is 0 Å². The zero-order valence-corrected chi connectivity index (χ0v) is 9.65. The minimum Gasteiger partial charge on any atom is -0.358 e. The van der Waals surface area contributed by atoms with Crippen LogP contribution in [0.2, 0.25) is 0 Å². The number of rotatable bonds is 2. The van der Waals surface area contributed by atoms with Gasteiger partial charge in [0.25, 0.3) is 0 Å². The van der Waals surface area contributed by atoms with Gasteiger partial charge in [-0.25, -0.2) is 0 Å². The summed E-state index contributed by atoms with van der Waals surface area (Å²) < 4.78 is 0. The zero-order valence-electron chi connectivity index (χ0n) is 9.65. The van der Waals surface area contributed by atoms with Crippen molar-refractivity contribution in [2.24, 2.45) is 5.73 Å². The van der Waals surface area contributed by atoms with E-state index in [2.05, 4.69) is 37.9 Å². The van der Waals surface area contributed by atoms with Crippen molar-refractivity contribution < 1.29 is 0 Å². The van der Waals surface area contributed by atoms with Crippen molar-refractivity contribution in [3.8, 4) is 0 Å². The van der Waals surface area contributed by atoms with E-state index in [1.165, 1.54) is 33.3 Å². The molecule has 0 unspecified atom stereocenters. The summed E-state index contributed by atoms with van der Waals surface area (Å²) in [6, 6.07) is 4.38. The smallest absolute Gasteiger partial charge is 0.0491 e. The number of H-pyrrole nitrogens is 1. The predicted molar refractivity (Wildman–Crippen MR) is 65.3 cm³/mol. The lowest BCUT2D eigenvalue weighted by molar-refractivity contribution is 0.929. The van der Waals surface area contributed by atoms with Crippen molar-refractivity contribution >= 4 is 10.9 Å². The van der Waals surface area contributed by atoms with Gasteiger partial charge in [-0.05, 0) is 44.0 Å². The van der Waals surface area contributed by atoms with Crippen molar-refractivity contribution in [2.75, 3.05) is 6.54 Å². The van der Waals surface area contributed by atoms with Crippen molar-refractivity contribution in [3.05, 3.63) is 34.5 Å². The Morgan fingerprint density at radius 1 is 1.13 bits per heavy atom. The molecule has 3 N–H and O–H groups in total. The van der Waals surface area contributed by atoms with Crippen LogP contribution in [0.3, 0.4) is 0 Å². The Morgan fingerprint density at radius 3 is 2.53 bits per heavy atom. The summed E-state index contributed by atoms with van der Waals surface area (Å²) in [5.74, 6) is 0. The Hall–Kier alpha value is -1.28. The SMILES string of the molecule is Cc1ccc2c(C)c(CCN)[nH]c2c1C. The second-order valence-corrected chi connectivity index (χ2v) is 4.20.